The third-order valence-electron chi connectivity index (χ3n) is 2.32. The molecule has 0 bridgehead atoms. The largest absolute Gasteiger partial charge is 0.370 e. The second-order valence-corrected chi connectivity index (χ2v) is 3.79. The molecule has 0 saturated carbocycles. The zero-order valence-electron chi connectivity index (χ0n) is 10.1. The molecule has 1 aromatic carbocycles. The lowest BCUT2D eigenvalue weighted by atomic mass is 10.1. The Labute approximate surface area is 102 Å². The van der Waals surface area contributed by atoms with Crippen LogP contribution in [0.4, 0.5) is 0 Å². The summed E-state index contributed by atoms with van der Waals surface area (Å²) in [6, 6.07) is 9.48. The molecule has 1 rings (SSSR count). The average molecular weight is 230 g/mol. The van der Waals surface area contributed by atoms with Gasteiger partial charge in [0.2, 0.25) is 0 Å². The van der Waals surface area contributed by atoms with Crippen molar-refractivity contribution in [2.75, 3.05) is 6.54 Å². The van der Waals surface area contributed by atoms with Gasteiger partial charge in [-0.25, -0.2) is 4.99 Å². The number of aliphatic imine (C=N–C) groups is 1. The molecule has 1 aromatic rings. The van der Waals surface area contributed by atoms with Crippen LogP contribution in [-0.4, -0.2) is 12.5 Å². The Morgan fingerprint density at radius 2 is 2.35 bits per heavy atom. The molecule has 0 radical (unpaired) electrons. The molecule has 0 heterocycles. The Kier molecular flexibility index (Phi) is 5.59. The first-order chi connectivity index (χ1) is 8.26. The van der Waals surface area contributed by atoms with Crippen molar-refractivity contribution in [2.45, 2.75) is 26.3 Å². The molecule has 3 N–H and O–H groups in total. The first-order valence-electron chi connectivity index (χ1n) is 5.79. The van der Waals surface area contributed by atoms with Crippen molar-refractivity contribution in [3.05, 3.63) is 35.4 Å². The van der Waals surface area contributed by atoms with E-state index in [1.54, 1.807) is 6.07 Å². The quantitative estimate of drug-likeness (QED) is 0.460. The monoisotopic (exact) mass is 230 g/mol. The van der Waals surface area contributed by atoms with Gasteiger partial charge in [0, 0.05) is 6.54 Å². The SMILES string of the molecule is CCCCNC(N)=NCc1cccc(C#N)c1. The molecule has 0 saturated heterocycles. The van der Waals surface area contributed by atoms with Crippen LogP contribution in [0.25, 0.3) is 0 Å². The standard InChI is InChI=1S/C13H18N4/c1-2-3-7-16-13(15)17-10-12-6-4-5-11(8-12)9-14/h4-6,8H,2-3,7,10H2,1H3,(H3,15,16,17). The zero-order chi connectivity index (χ0) is 12.5. The summed E-state index contributed by atoms with van der Waals surface area (Å²) in [6.07, 6.45) is 2.21. The molecule has 4 heteroatoms. The molecule has 0 aromatic heterocycles. The third-order valence-corrected chi connectivity index (χ3v) is 2.32. The highest BCUT2D eigenvalue weighted by molar-refractivity contribution is 5.77. The molecule has 90 valence electrons. The number of nitrogens with one attached hydrogen (secondary N) is 1. The van der Waals surface area contributed by atoms with Gasteiger partial charge in [-0.2, -0.15) is 5.26 Å². The third kappa shape index (κ3) is 5.03. The van der Waals surface area contributed by atoms with Crippen LogP contribution in [0.2, 0.25) is 0 Å². The molecular weight excluding hydrogens is 212 g/mol. The molecule has 0 amide bonds. The highest BCUT2D eigenvalue weighted by Gasteiger charge is 1.95. The normalized spacial score (nSPS) is 10.9. The highest BCUT2D eigenvalue weighted by Crippen LogP contribution is 2.05. The van der Waals surface area contributed by atoms with E-state index in [2.05, 4.69) is 23.3 Å². The van der Waals surface area contributed by atoms with E-state index in [1.807, 2.05) is 18.2 Å². The Balaban J connectivity index is 2.48. The van der Waals surface area contributed by atoms with E-state index in [0.29, 0.717) is 18.1 Å². The highest BCUT2D eigenvalue weighted by atomic mass is 15.1. The van der Waals surface area contributed by atoms with Crippen molar-refractivity contribution in [3.8, 4) is 6.07 Å². The minimum absolute atomic E-state index is 0.459. The topological polar surface area (TPSA) is 74.2 Å². The van der Waals surface area contributed by atoms with Crippen molar-refractivity contribution in [2.24, 2.45) is 10.7 Å². The summed E-state index contributed by atoms with van der Waals surface area (Å²) < 4.78 is 0. The summed E-state index contributed by atoms with van der Waals surface area (Å²) in [5.74, 6) is 0.459. The van der Waals surface area contributed by atoms with Crippen molar-refractivity contribution in [3.63, 3.8) is 0 Å². The molecule has 4 nitrogen and oxygen atoms in total. The van der Waals surface area contributed by atoms with Crippen molar-refractivity contribution in [1.82, 2.24) is 5.32 Å². The zero-order valence-corrected chi connectivity index (χ0v) is 10.1. The van der Waals surface area contributed by atoms with Crippen LogP contribution < -0.4 is 11.1 Å². The van der Waals surface area contributed by atoms with Gasteiger partial charge in [-0.15, -0.1) is 0 Å². The number of nitrogens with two attached hydrogens (primary N) is 1. The van der Waals surface area contributed by atoms with Gasteiger partial charge in [0.15, 0.2) is 5.96 Å². The summed E-state index contributed by atoms with van der Waals surface area (Å²) in [6.45, 7) is 3.48. The first kappa shape index (κ1) is 13.0. The van der Waals surface area contributed by atoms with Crippen molar-refractivity contribution in [1.29, 1.82) is 5.26 Å². The van der Waals surface area contributed by atoms with Gasteiger partial charge in [0.05, 0.1) is 18.2 Å². The molecule has 17 heavy (non-hydrogen) atoms. The van der Waals surface area contributed by atoms with E-state index >= 15 is 0 Å². The number of hydrogen-bond donors (Lipinski definition) is 2. The molecule has 0 aliphatic rings. The Morgan fingerprint density at radius 1 is 1.53 bits per heavy atom. The van der Waals surface area contributed by atoms with Crippen LogP contribution in [0, 0.1) is 11.3 Å². The lowest BCUT2D eigenvalue weighted by Crippen LogP contribution is -2.32. The number of hydrogen-bond acceptors (Lipinski definition) is 2. The van der Waals surface area contributed by atoms with E-state index in [0.717, 1.165) is 24.9 Å². The number of benzene rings is 1. The predicted octanol–water partition coefficient (Wildman–Crippen LogP) is 1.76. The first-order valence-corrected chi connectivity index (χ1v) is 5.79. The maximum Gasteiger partial charge on any atom is 0.188 e. The van der Waals surface area contributed by atoms with E-state index < -0.39 is 0 Å². The fourth-order valence-corrected chi connectivity index (χ4v) is 1.36. The van der Waals surface area contributed by atoms with Gasteiger partial charge < -0.3 is 11.1 Å². The van der Waals surface area contributed by atoms with Gasteiger partial charge >= 0.3 is 0 Å². The van der Waals surface area contributed by atoms with Crippen LogP contribution in [0.3, 0.4) is 0 Å². The maximum absolute atomic E-state index is 8.76. The molecule has 0 spiro atoms. The Bertz CT molecular complexity index is 418. The molecule has 0 aliphatic heterocycles. The smallest absolute Gasteiger partial charge is 0.188 e. The second kappa shape index (κ2) is 7.29. The Hall–Kier alpha value is -2.02. The number of guanidine groups is 1. The summed E-state index contributed by atoms with van der Waals surface area (Å²) in [4.78, 5) is 4.22. The van der Waals surface area contributed by atoms with Gasteiger partial charge in [-0.3, -0.25) is 0 Å². The maximum atomic E-state index is 8.76. The van der Waals surface area contributed by atoms with E-state index in [1.165, 1.54) is 0 Å². The fraction of sp³-hybridized carbons (Fsp3) is 0.385. The minimum atomic E-state index is 0.459. The lowest BCUT2D eigenvalue weighted by molar-refractivity contribution is 0.748. The van der Waals surface area contributed by atoms with E-state index in [4.69, 9.17) is 11.0 Å². The van der Waals surface area contributed by atoms with Crippen LogP contribution in [-0.2, 0) is 6.54 Å². The predicted molar refractivity (Wildman–Crippen MR) is 69.4 cm³/mol. The summed E-state index contributed by atoms with van der Waals surface area (Å²) in [5.41, 5.74) is 7.35. The molecule has 0 fully saturated rings. The molecule has 0 atom stereocenters. The average Bonchev–Trinajstić information content (AvgIpc) is 2.37. The summed E-state index contributed by atoms with van der Waals surface area (Å²) >= 11 is 0. The molecular formula is C13H18N4. The van der Waals surface area contributed by atoms with Crippen molar-refractivity contribution >= 4 is 5.96 Å². The van der Waals surface area contributed by atoms with Crippen LogP contribution >= 0.6 is 0 Å². The van der Waals surface area contributed by atoms with Crippen molar-refractivity contribution < 1.29 is 0 Å². The van der Waals surface area contributed by atoms with Gasteiger partial charge in [0.25, 0.3) is 0 Å². The number of unbranched alkanes of at least 4 members (excludes halogenated alkanes) is 1. The fourth-order valence-electron chi connectivity index (χ4n) is 1.36. The summed E-state index contributed by atoms with van der Waals surface area (Å²) in [7, 11) is 0. The van der Waals surface area contributed by atoms with Gasteiger partial charge in [-0.05, 0) is 24.1 Å². The van der Waals surface area contributed by atoms with E-state index in [-0.39, 0.29) is 0 Å². The van der Waals surface area contributed by atoms with Crippen LogP contribution in [0.5, 0.6) is 0 Å². The summed E-state index contributed by atoms with van der Waals surface area (Å²) in [5, 5.41) is 11.8. The van der Waals surface area contributed by atoms with E-state index in [9.17, 15) is 0 Å². The number of nitrogens with zero attached hydrogens (tertiary/aromatic N) is 2. The Morgan fingerprint density at radius 3 is 3.06 bits per heavy atom. The molecule has 0 aliphatic carbocycles. The molecule has 0 unspecified atom stereocenters. The second-order valence-electron chi connectivity index (χ2n) is 3.79. The van der Waals surface area contributed by atoms with Crippen LogP contribution in [0.1, 0.15) is 30.9 Å². The van der Waals surface area contributed by atoms with Gasteiger partial charge in [-0.1, -0.05) is 25.5 Å². The minimum Gasteiger partial charge on any atom is -0.370 e. The number of rotatable bonds is 5. The van der Waals surface area contributed by atoms with Crippen LogP contribution in [0.15, 0.2) is 29.3 Å². The number of nitriles is 1. The van der Waals surface area contributed by atoms with Gasteiger partial charge in [0.1, 0.15) is 0 Å². The lowest BCUT2D eigenvalue weighted by Gasteiger charge is -2.04.